The zero-order valence-corrected chi connectivity index (χ0v) is 14.4. The van der Waals surface area contributed by atoms with Gasteiger partial charge in [0.2, 0.25) is 0 Å². The minimum atomic E-state index is 0.294. The highest BCUT2D eigenvalue weighted by molar-refractivity contribution is 5.80. The highest BCUT2D eigenvalue weighted by atomic mass is 16.5. The quantitative estimate of drug-likeness (QED) is 0.670. The molecule has 1 saturated heterocycles. The number of benzene rings is 1. The minimum absolute atomic E-state index is 0.294. The molecule has 1 aliphatic heterocycles. The Morgan fingerprint density at radius 3 is 2.74 bits per heavy atom. The lowest BCUT2D eigenvalue weighted by molar-refractivity contribution is 0.157. The van der Waals surface area contributed by atoms with Crippen molar-refractivity contribution < 1.29 is 4.74 Å². The molecule has 23 heavy (non-hydrogen) atoms. The SMILES string of the molecule is CN=C(NCC1(c2ccccc2)CCC1)N1CCC(COC)C1. The maximum atomic E-state index is 5.30. The minimum Gasteiger partial charge on any atom is -0.384 e. The van der Waals surface area contributed by atoms with E-state index in [-0.39, 0.29) is 0 Å². The number of ether oxygens (including phenoxy) is 1. The maximum absolute atomic E-state index is 5.30. The number of guanidine groups is 1. The summed E-state index contributed by atoms with van der Waals surface area (Å²) in [5.74, 6) is 1.68. The van der Waals surface area contributed by atoms with Crippen molar-refractivity contribution in [1.29, 1.82) is 0 Å². The molecule has 1 atom stereocenters. The average Bonchev–Trinajstić information content (AvgIpc) is 3.00. The fraction of sp³-hybridized carbons (Fsp3) is 0.632. The number of methoxy groups -OCH3 is 1. The molecule has 1 saturated carbocycles. The van der Waals surface area contributed by atoms with Gasteiger partial charge < -0.3 is 15.0 Å². The van der Waals surface area contributed by atoms with E-state index in [1.807, 2.05) is 7.05 Å². The van der Waals surface area contributed by atoms with Crippen LogP contribution in [0.1, 0.15) is 31.2 Å². The van der Waals surface area contributed by atoms with Crippen LogP contribution in [0.3, 0.4) is 0 Å². The van der Waals surface area contributed by atoms with Crippen LogP contribution in [0.2, 0.25) is 0 Å². The normalized spacial score (nSPS) is 23.7. The summed E-state index contributed by atoms with van der Waals surface area (Å²) in [7, 11) is 3.68. The first-order valence-corrected chi connectivity index (χ1v) is 8.77. The van der Waals surface area contributed by atoms with E-state index in [1.54, 1.807) is 7.11 Å². The van der Waals surface area contributed by atoms with Crippen LogP contribution in [0.15, 0.2) is 35.3 Å². The second-order valence-corrected chi connectivity index (χ2v) is 6.96. The Labute approximate surface area is 139 Å². The van der Waals surface area contributed by atoms with E-state index in [0.717, 1.165) is 32.2 Å². The molecule has 1 aromatic carbocycles. The Morgan fingerprint density at radius 2 is 2.13 bits per heavy atom. The van der Waals surface area contributed by atoms with E-state index >= 15 is 0 Å². The summed E-state index contributed by atoms with van der Waals surface area (Å²) < 4.78 is 5.30. The summed E-state index contributed by atoms with van der Waals surface area (Å²) in [6.07, 6.45) is 5.06. The summed E-state index contributed by atoms with van der Waals surface area (Å²) in [6, 6.07) is 10.9. The first kappa shape index (κ1) is 16.3. The molecule has 1 heterocycles. The van der Waals surface area contributed by atoms with Crippen molar-refractivity contribution in [2.75, 3.05) is 40.4 Å². The fourth-order valence-corrected chi connectivity index (χ4v) is 3.94. The third-order valence-corrected chi connectivity index (χ3v) is 5.48. The van der Waals surface area contributed by atoms with E-state index in [9.17, 15) is 0 Å². The van der Waals surface area contributed by atoms with Crippen molar-refractivity contribution in [2.24, 2.45) is 10.9 Å². The number of hydrogen-bond donors (Lipinski definition) is 1. The summed E-state index contributed by atoms with van der Waals surface area (Å²) in [4.78, 5) is 6.89. The molecule has 0 aromatic heterocycles. The monoisotopic (exact) mass is 315 g/mol. The van der Waals surface area contributed by atoms with Gasteiger partial charge >= 0.3 is 0 Å². The predicted molar refractivity (Wildman–Crippen MR) is 94.9 cm³/mol. The van der Waals surface area contributed by atoms with Crippen LogP contribution in [0.25, 0.3) is 0 Å². The molecule has 4 nitrogen and oxygen atoms in total. The van der Waals surface area contributed by atoms with Gasteiger partial charge in [-0.1, -0.05) is 36.8 Å². The molecular weight excluding hydrogens is 286 g/mol. The number of nitrogens with zero attached hydrogens (tertiary/aromatic N) is 2. The maximum Gasteiger partial charge on any atom is 0.193 e. The highest BCUT2D eigenvalue weighted by Gasteiger charge is 2.39. The summed E-state index contributed by atoms with van der Waals surface area (Å²) in [5, 5.41) is 3.65. The van der Waals surface area contributed by atoms with Crippen LogP contribution < -0.4 is 5.32 Å². The number of likely N-dealkylation sites (tertiary alicyclic amines) is 1. The lowest BCUT2D eigenvalue weighted by Crippen LogP contribution is -2.49. The van der Waals surface area contributed by atoms with Crippen molar-refractivity contribution in [2.45, 2.75) is 31.1 Å². The van der Waals surface area contributed by atoms with Gasteiger partial charge in [-0.25, -0.2) is 0 Å². The number of nitrogens with one attached hydrogen (secondary N) is 1. The second-order valence-electron chi connectivity index (χ2n) is 6.96. The van der Waals surface area contributed by atoms with Gasteiger partial charge in [-0.15, -0.1) is 0 Å². The largest absolute Gasteiger partial charge is 0.384 e. The summed E-state index contributed by atoms with van der Waals surface area (Å²) >= 11 is 0. The van der Waals surface area contributed by atoms with Gasteiger partial charge in [-0.2, -0.15) is 0 Å². The van der Waals surface area contributed by atoms with Crippen LogP contribution in [-0.4, -0.2) is 51.3 Å². The first-order valence-electron chi connectivity index (χ1n) is 8.77. The topological polar surface area (TPSA) is 36.9 Å². The lowest BCUT2D eigenvalue weighted by atomic mass is 9.64. The smallest absolute Gasteiger partial charge is 0.193 e. The molecule has 0 radical (unpaired) electrons. The van der Waals surface area contributed by atoms with Gasteiger partial charge in [0.25, 0.3) is 0 Å². The lowest BCUT2D eigenvalue weighted by Gasteiger charge is -2.43. The van der Waals surface area contributed by atoms with Crippen LogP contribution >= 0.6 is 0 Å². The van der Waals surface area contributed by atoms with Crippen LogP contribution in [-0.2, 0) is 10.2 Å². The molecule has 0 spiro atoms. The van der Waals surface area contributed by atoms with E-state index in [1.165, 1.54) is 31.2 Å². The van der Waals surface area contributed by atoms with Gasteiger partial charge in [0.15, 0.2) is 5.96 Å². The van der Waals surface area contributed by atoms with Gasteiger partial charge in [-0.05, 0) is 24.8 Å². The van der Waals surface area contributed by atoms with Crippen molar-refractivity contribution in [3.05, 3.63) is 35.9 Å². The second kappa shape index (κ2) is 7.35. The summed E-state index contributed by atoms with van der Waals surface area (Å²) in [5.41, 5.74) is 1.76. The van der Waals surface area contributed by atoms with Crippen LogP contribution in [0, 0.1) is 5.92 Å². The van der Waals surface area contributed by atoms with Gasteiger partial charge in [-0.3, -0.25) is 4.99 Å². The molecule has 2 fully saturated rings. The third-order valence-electron chi connectivity index (χ3n) is 5.48. The van der Waals surface area contributed by atoms with Crippen molar-refractivity contribution in [1.82, 2.24) is 10.2 Å². The predicted octanol–water partition coefficient (Wildman–Crippen LogP) is 2.65. The Hall–Kier alpha value is -1.55. The molecule has 1 unspecified atom stereocenters. The average molecular weight is 315 g/mol. The molecule has 3 rings (SSSR count). The van der Waals surface area contributed by atoms with Gasteiger partial charge in [0.05, 0.1) is 6.61 Å². The zero-order chi connectivity index (χ0) is 16.1. The molecule has 1 aromatic rings. The van der Waals surface area contributed by atoms with E-state index in [4.69, 9.17) is 4.74 Å². The highest BCUT2D eigenvalue weighted by Crippen LogP contribution is 2.43. The molecular formula is C19H29N3O. The third kappa shape index (κ3) is 3.52. The van der Waals surface area contributed by atoms with Gasteiger partial charge in [0.1, 0.15) is 0 Å². The summed E-state index contributed by atoms with van der Waals surface area (Å²) in [6.45, 7) is 3.95. The van der Waals surface area contributed by atoms with E-state index in [2.05, 4.69) is 45.5 Å². The van der Waals surface area contributed by atoms with Crippen molar-refractivity contribution in [3.63, 3.8) is 0 Å². The Kier molecular flexibility index (Phi) is 5.21. The first-order chi connectivity index (χ1) is 11.3. The van der Waals surface area contributed by atoms with E-state index in [0.29, 0.717) is 11.3 Å². The number of hydrogen-bond acceptors (Lipinski definition) is 2. The van der Waals surface area contributed by atoms with Crippen molar-refractivity contribution in [3.8, 4) is 0 Å². The zero-order valence-electron chi connectivity index (χ0n) is 14.4. The van der Waals surface area contributed by atoms with Gasteiger partial charge in [0, 0.05) is 45.1 Å². The Morgan fingerprint density at radius 1 is 1.35 bits per heavy atom. The molecule has 1 N–H and O–H groups in total. The Bertz CT molecular complexity index is 525. The molecule has 1 aliphatic carbocycles. The number of rotatable bonds is 5. The molecule has 0 bridgehead atoms. The molecule has 126 valence electrons. The Balaban J connectivity index is 1.60. The van der Waals surface area contributed by atoms with Crippen molar-refractivity contribution >= 4 is 5.96 Å². The van der Waals surface area contributed by atoms with Crippen LogP contribution in [0.4, 0.5) is 0 Å². The fourth-order valence-electron chi connectivity index (χ4n) is 3.94. The molecule has 2 aliphatic rings. The van der Waals surface area contributed by atoms with E-state index < -0.39 is 0 Å². The molecule has 4 heteroatoms. The molecule has 0 amide bonds. The standard InChI is InChI=1S/C19H29N3O/c1-20-18(22-12-9-16(13-22)14-23-2)21-15-19(10-6-11-19)17-7-4-3-5-8-17/h3-5,7-8,16H,6,9-15H2,1-2H3,(H,20,21). The van der Waals surface area contributed by atoms with Crippen LogP contribution in [0.5, 0.6) is 0 Å². The number of aliphatic imine (C=N–C) groups is 1.